The number of aryl methyl sites for hydroxylation is 1. The molecule has 0 aromatic heterocycles. The number of aromatic hydroxyl groups is 1. The Hall–Kier alpha value is -3.42. The molecule has 0 aliphatic carbocycles. The molecule has 2 aromatic rings. The van der Waals surface area contributed by atoms with Gasteiger partial charge < -0.3 is 5.11 Å². The lowest BCUT2D eigenvalue weighted by atomic mass is 10.1. The van der Waals surface area contributed by atoms with E-state index in [1.54, 1.807) is 6.92 Å². The van der Waals surface area contributed by atoms with Crippen molar-refractivity contribution < 1.29 is 19.6 Å². The van der Waals surface area contributed by atoms with Gasteiger partial charge in [0.05, 0.1) is 4.92 Å². The van der Waals surface area contributed by atoms with E-state index in [9.17, 15) is 19.7 Å². The van der Waals surface area contributed by atoms with E-state index in [1.807, 2.05) is 0 Å². The third-order valence-corrected chi connectivity index (χ3v) is 3.09. The highest BCUT2D eigenvalue weighted by atomic mass is 16.6. The van der Waals surface area contributed by atoms with Crippen molar-refractivity contribution in [1.82, 2.24) is 10.9 Å². The van der Waals surface area contributed by atoms with Gasteiger partial charge in [0.2, 0.25) is 0 Å². The number of nitro benzene ring substituents is 1. The SMILES string of the molecule is Cc1ccc(C(=O)NNC(=O)c2ccc(O)cc2)cc1[N+](=O)[O-]. The number of rotatable bonds is 3. The second-order valence-corrected chi connectivity index (χ2v) is 4.71. The topological polar surface area (TPSA) is 122 Å². The maximum atomic E-state index is 11.9. The van der Waals surface area contributed by atoms with E-state index in [2.05, 4.69) is 10.9 Å². The van der Waals surface area contributed by atoms with E-state index >= 15 is 0 Å². The lowest BCUT2D eigenvalue weighted by Crippen LogP contribution is -2.41. The Balaban J connectivity index is 2.05. The lowest BCUT2D eigenvalue weighted by molar-refractivity contribution is -0.385. The molecule has 0 saturated carbocycles. The Morgan fingerprint density at radius 3 is 2.09 bits per heavy atom. The molecule has 0 heterocycles. The lowest BCUT2D eigenvalue weighted by Gasteiger charge is -2.08. The smallest absolute Gasteiger partial charge is 0.273 e. The van der Waals surface area contributed by atoms with Crippen molar-refractivity contribution in [2.24, 2.45) is 0 Å². The van der Waals surface area contributed by atoms with Crippen LogP contribution >= 0.6 is 0 Å². The summed E-state index contributed by atoms with van der Waals surface area (Å²) in [5, 5.41) is 20.0. The van der Waals surface area contributed by atoms with Crippen LogP contribution in [0.25, 0.3) is 0 Å². The summed E-state index contributed by atoms with van der Waals surface area (Å²) in [6.45, 7) is 1.56. The van der Waals surface area contributed by atoms with E-state index < -0.39 is 16.7 Å². The highest BCUT2D eigenvalue weighted by molar-refractivity contribution is 5.99. The zero-order chi connectivity index (χ0) is 17.0. The van der Waals surface area contributed by atoms with Crippen molar-refractivity contribution in [3.63, 3.8) is 0 Å². The molecule has 0 bridgehead atoms. The number of hydrazine groups is 1. The Morgan fingerprint density at radius 1 is 1.00 bits per heavy atom. The van der Waals surface area contributed by atoms with Crippen LogP contribution in [0.1, 0.15) is 26.3 Å². The molecule has 118 valence electrons. The van der Waals surface area contributed by atoms with Gasteiger partial charge in [-0.2, -0.15) is 0 Å². The molecule has 0 atom stereocenters. The second-order valence-electron chi connectivity index (χ2n) is 4.71. The van der Waals surface area contributed by atoms with Gasteiger partial charge >= 0.3 is 0 Å². The van der Waals surface area contributed by atoms with Gasteiger partial charge in [0.15, 0.2) is 0 Å². The quantitative estimate of drug-likeness (QED) is 0.587. The minimum absolute atomic E-state index is 0.0116. The van der Waals surface area contributed by atoms with Crippen LogP contribution in [0.15, 0.2) is 42.5 Å². The minimum atomic E-state index is -0.680. The molecule has 0 unspecified atom stereocenters. The maximum absolute atomic E-state index is 11.9. The molecule has 0 saturated heterocycles. The van der Waals surface area contributed by atoms with Gasteiger partial charge in [-0.3, -0.25) is 30.6 Å². The number of nitrogens with one attached hydrogen (secondary N) is 2. The van der Waals surface area contributed by atoms with Gasteiger partial charge in [0.1, 0.15) is 5.75 Å². The van der Waals surface area contributed by atoms with Crippen LogP contribution < -0.4 is 10.9 Å². The largest absolute Gasteiger partial charge is 0.508 e. The van der Waals surface area contributed by atoms with Gasteiger partial charge in [-0.1, -0.05) is 6.07 Å². The first-order chi connectivity index (χ1) is 10.9. The third kappa shape index (κ3) is 3.82. The minimum Gasteiger partial charge on any atom is -0.508 e. The third-order valence-electron chi connectivity index (χ3n) is 3.09. The van der Waals surface area contributed by atoms with Crippen LogP contribution in [-0.4, -0.2) is 21.8 Å². The molecule has 0 aliphatic rings. The van der Waals surface area contributed by atoms with Crippen LogP contribution in [0.2, 0.25) is 0 Å². The zero-order valence-corrected chi connectivity index (χ0v) is 12.1. The Bertz CT molecular complexity index is 771. The number of carbonyl (C=O) groups is 2. The molecule has 8 heteroatoms. The van der Waals surface area contributed by atoms with E-state index in [1.165, 1.54) is 36.4 Å². The molecule has 3 N–H and O–H groups in total. The first kappa shape index (κ1) is 16.0. The van der Waals surface area contributed by atoms with Crippen molar-refractivity contribution in [3.8, 4) is 5.75 Å². The summed E-state index contributed by atoms with van der Waals surface area (Å²) in [7, 11) is 0. The molecular formula is C15H13N3O5. The number of hydrogen-bond acceptors (Lipinski definition) is 5. The molecule has 2 rings (SSSR count). The Morgan fingerprint density at radius 2 is 1.52 bits per heavy atom. The predicted molar refractivity (Wildman–Crippen MR) is 80.9 cm³/mol. The monoisotopic (exact) mass is 315 g/mol. The number of hydrogen-bond donors (Lipinski definition) is 3. The molecule has 0 radical (unpaired) electrons. The first-order valence-electron chi connectivity index (χ1n) is 6.53. The number of phenols is 1. The van der Waals surface area contributed by atoms with Crippen LogP contribution in [0, 0.1) is 17.0 Å². The van der Waals surface area contributed by atoms with Crippen LogP contribution in [0.5, 0.6) is 5.75 Å². The van der Waals surface area contributed by atoms with Gasteiger partial charge in [-0.25, -0.2) is 0 Å². The number of benzene rings is 2. The highest BCUT2D eigenvalue weighted by Crippen LogP contribution is 2.19. The Kier molecular flexibility index (Phi) is 4.55. The summed E-state index contributed by atoms with van der Waals surface area (Å²) in [6, 6.07) is 9.44. The summed E-state index contributed by atoms with van der Waals surface area (Å²) < 4.78 is 0. The summed E-state index contributed by atoms with van der Waals surface area (Å²) in [5.74, 6) is -1.25. The number of nitrogens with zero attached hydrogens (tertiary/aromatic N) is 1. The van der Waals surface area contributed by atoms with Crippen molar-refractivity contribution in [2.45, 2.75) is 6.92 Å². The van der Waals surface area contributed by atoms with Crippen molar-refractivity contribution in [2.75, 3.05) is 0 Å². The molecule has 23 heavy (non-hydrogen) atoms. The average Bonchev–Trinajstić information content (AvgIpc) is 2.53. The van der Waals surface area contributed by atoms with Gasteiger partial charge in [-0.15, -0.1) is 0 Å². The normalized spacial score (nSPS) is 9.96. The van der Waals surface area contributed by atoms with Crippen LogP contribution in [0.3, 0.4) is 0 Å². The second kappa shape index (κ2) is 6.56. The molecule has 0 fully saturated rings. The summed E-state index contributed by atoms with van der Waals surface area (Å²) >= 11 is 0. The average molecular weight is 315 g/mol. The van der Waals surface area contributed by atoms with E-state index in [0.29, 0.717) is 5.56 Å². The maximum Gasteiger partial charge on any atom is 0.273 e. The van der Waals surface area contributed by atoms with Crippen LogP contribution in [0.4, 0.5) is 5.69 Å². The van der Waals surface area contributed by atoms with E-state index in [4.69, 9.17) is 5.11 Å². The fourth-order valence-corrected chi connectivity index (χ4v) is 1.82. The van der Waals surface area contributed by atoms with Gasteiger partial charge in [0.25, 0.3) is 17.5 Å². The van der Waals surface area contributed by atoms with E-state index in [0.717, 1.165) is 6.07 Å². The summed E-state index contributed by atoms with van der Waals surface area (Å²) in [4.78, 5) is 34.0. The summed E-state index contributed by atoms with van der Waals surface area (Å²) in [6.07, 6.45) is 0. The van der Waals surface area contributed by atoms with Crippen molar-refractivity contribution in [3.05, 3.63) is 69.3 Å². The van der Waals surface area contributed by atoms with Crippen LogP contribution in [-0.2, 0) is 0 Å². The predicted octanol–water partition coefficient (Wildman–Crippen LogP) is 1.68. The van der Waals surface area contributed by atoms with Gasteiger partial charge in [0, 0.05) is 22.8 Å². The number of phenolic OH excluding ortho intramolecular Hbond substituents is 1. The fraction of sp³-hybridized carbons (Fsp3) is 0.0667. The summed E-state index contributed by atoms with van der Waals surface area (Å²) in [5.41, 5.74) is 4.90. The van der Waals surface area contributed by atoms with Crippen molar-refractivity contribution >= 4 is 17.5 Å². The molecular weight excluding hydrogens is 302 g/mol. The number of nitro groups is 1. The number of carbonyl (C=O) groups excluding carboxylic acids is 2. The molecule has 2 amide bonds. The van der Waals surface area contributed by atoms with Crippen molar-refractivity contribution in [1.29, 1.82) is 0 Å². The zero-order valence-electron chi connectivity index (χ0n) is 12.1. The first-order valence-corrected chi connectivity index (χ1v) is 6.53. The molecule has 8 nitrogen and oxygen atoms in total. The molecule has 0 aliphatic heterocycles. The number of amides is 2. The molecule has 2 aromatic carbocycles. The fourth-order valence-electron chi connectivity index (χ4n) is 1.82. The molecule has 0 spiro atoms. The van der Waals surface area contributed by atoms with E-state index in [-0.39, 0.29) is 22.6 Å². The van der Waals surface area contributed by atoms with Gasteiger partial charge in [-0.05, 0) is 37.3 Å². The Labute approximate surface area is 130 Å². The highest BCUT2D eigenvalue weighted by Gasteiger charge is 2.15. The standard InChI is InChI=1S/C15H13N3O5/c1-9-2-3-11(8-13(9)18(22)23)15(21)17-16-14(20)10-4-6-12(19)7-5-10/h2-8,19H,1H3,(H,16,20)(H,17,21).